The van der Waals surface area contributed by atoms with Crippen LogP contribution in [0.4, 0.5) is 0 Å². The molecule has 0 aromatic heterocycles. The Morgan fingerprint density at radius 3 is 1.57 bits per heavy atom. The normalized spacial score (nSPS) is 15.5. The molecule has 3 atom stereocenters. The zero-order valence-corrected chi connectivity index (χ0v) is 36.7. The van der Waals surface area contributed by atoms with Crippen LogP contribution in [0.2, 0.25) is 0 Å². The van der Waals surface area contributed by atoms with Gasteiger partial charge in [0.25, 0.3) is 7.82 Å². The van der Waals surface area contributed by atoms with Crippen LogP contribution in [0.3, 0.4) is 0 Å². The van der Waals surface area contributed by atoms with E-state index < -0.39 is 26.6 Å². The van der Waals surface area contributed by atoms with E-state index in [1.807, 2.05) is 27.2 Å². The molecule has 0 aliphatic rings. The van der Waals surface area contributed by atoms with Gasteiger partial charge in [0.2, 0.25) is 5.91 Å². The number of hydrogen-bond donors (Lipinski definition) is 2. The number of nitrogens with zero attached hydrogens (tertiary/aromatic N) is 1. The average molecular weight is 799 g/mol. The molecule has 0 heterocycles. The molecule has 0 aliphatic carbocycles. The number of rotatable bonds is 36. The number of nitrogens with one attached hydrogen (secondary N) is 1. The number of allylic oxidation sites excluding steroid dienone is 17. The molecule has 0 saturated heterocycles. The van der Waals surface area contributed by atoms with Gasteiger partial charge in [0.15, 0.2) is 0 Å². The van der Waals surface area contributed by atoms with Crippen LogP contribution in [-0.2, 0) is 18.4 Å². The standard InChI is InChI=1S/C47H79N2O6P/c1-6-8-10-12-14-15-16-17-18-19-20-21-22-23-24-25-26-27-28-29-30-31-32-33-35-37-39-41-47(51)48-45(46(50)40-38-36-34-13-11-9-7-2)44-55-56(52,53)54-43-42-49(3,4)5/h8,10,14-15,17-18,20-21,23-24,26-27,29-30,32-33,38,40,45-46,50H,6-7,9,11-13,16,19,22,25,28,31,34-37,39,41-44H2,1-5H3,(H-,48,51,52,53)/b10-8-,15-14-,18-17-,21-20-,24-23-,27-26-,30-29-,33-32-,40-38+. The lowest BCUT2D eigenvalue weighted by Gasteiger charge is -2.29. The molecule has 2 N–H and O–H groups in total. The van der Waals surface area contributed by atoms with Crippen molar-refractivity contribution in [1.82, 2.24) is 5.32 Å². The molecule has 8 nitrogen and oxygen atoms in total. The molecular weight excluding hydrogens is 719 g/mol. The number of phosphoric ester groups is 1. The fourth-order valence-corrected chi connectivity index (χ4v) is 5.83. The summed E-state index contributed by atoms with van der Waals surface area (Å²) >= 11 is 0. The second-order valence-corrected chi connectivity index (χ2v) is 16.4. The van der Waals surface area contributed by atoms with Gasteiger partial charge in [-0.05, 0) is 83.5 Å². The molecule has 0 aromatic carbocycles. The second-order valence-electron chi connectivity index (χ2n) is 15.0. The molecule has 0 radical (unpaired) electrons. The lowest BCUT2D eigenvalue weighted by molar-refractivity contribution is -0.870. The maximum absolute atomic E-state index is 12.8. The van der Waals surface area contributed by atoms with E-state index in [0.717, 1.165) is 83.5 Å². The SMILES string of the molecule is CC/C=C\C/C=C\C/C=C\C/C=C\C/C=C\C/C=C\C/C=C\C/C=C\CCCCC(=O)NC(COP(=O)([O-])OCC[N+](C)(C)C)C(O)/C=C/CCCCCCC. The molecule has 0 aromatic rings. The maximum Gasteiger partial charge on any atom is 0.268 e. The number of unbranched alkanes of at least 4 members (excludes halogenated alkanes) is 7. The molecule has 0 bridgehead atoms. The summed E-state index contributed by atoms with van der Waals surface area (Å²) < 4.78 is 23.0. The van der Waals surface area contributed by atoms with Gasteiger partial charge < -0.3 is 28.8 Å². The number of likely N-dealkylation sites (N-methyl/N-ethyl adjacent to an activating group) is 1. The van der Waals surface area contributed by atoms with E-state index in [0.29, 0.717) is 17.4 Å². The second kappa shape index (κ2) is 37.7. The van der Waals surface area contributed by atoms with Gasteiger partial charge in [-0.3, -0.25) is 9.36 Å². The van der Waals surface area contributed by atoms with Gasteiger partial charge in [-0.25, -0.2) is 0 Å². The van der Waals surface area contributed by atoms with Gasteiger partial charge in [-0.2, -0.15) is 0 Å². The average Bonchev–Trinajstić information content (AvgIpc) is 3.15. The number of phosphoric acid groups is 1. The Morgan fingerprint density at radius 1 is 0.643 bits per heavy atom. The Labute approximate surface area is 342 Å². The van der Waals surface area contributed by atoms with Gasteiger partial charge >= 0.3 is 0 Å². The van der Waals surface area contributed by atoms with Crippen LogP contribution in [0.1, 0.15) is 129 Å². The summed E-state index contributed by atoms with van der Waals surface area (Å²) in [5.74, 6) is -0.251. The fraction of sp³-hybridized carbons (Fsp3) is 0.596. The lowest BCUT2D eigenvalue weighted by atomic mass is 10.1. The quantitative estimate of drug-likeness (QED) is 0.0283. The highest BCUT2D eigenvalue weighted by Crippen LogP contribution is 2.38. The predicted octanol–water partition coefficient (Wildman–Crippen LogP) is 11.1. The molecule has 0 aliphatic heterocycles. The Kier molecular flexibility index (Phi) is 35.8. The predicted molar refractivity (Wildman–Crippen MR) is 237 cm³/mol. The zero-order valence-electron chi connectivity index (χ0n) is 35.8. The molecular formula is C47H79N2O6P. The van der Waals surface area contributed by atoms with E-state index in [1.165, 1.54) is 19.3 Å². The fourth-order valence-electron chi connectivity index (χ4n) is 5.10. The first-order valence-corrected chi connectivity index (χ1v) is 22.7. The van der Waals surface area contributed by atoms with Crippen molar-refractivity contribution in [1.29, 1.82) is 0 Å². The first-order valence-electron chi connectivity index (χ1n) is 21.2. The van der Waals surface area contributed by atoms with E-state index in [1.54, 1.807) is 6.08 Å². The molecule has 0 spiro atoms. The number of carbonyl (C=O) groups is 1. The number of hydrogen-bond acceptors (Lipinski definition) is 6. The highest BCUT2D eigenvalue weighted by molar-refractivity contribution is 7.45. The molecule has 0 saturated carbocycles. The van der Waals surface area contributed by atoms with Crippen molar-refractivity contribution in [2.45, 2.75) is 142 Å². The third kappa shape index (κ3) is 39.4. The summed E-state index contributed by atoms with van der Waals surface area (Å²) in [4.78, 5) is 25.1. The van der Waals surface area contributed by atoms with Crippen molar-refractivity contribution in [3.8, 4) is 0 Å². The van der Waals surface area contributed by atoms with E-state index in [9.17, 15) is 19.4 Å². The minimum absolute atomic E-state index is 0.0170. The summed E-state index contributed by atoms with van der Waals surface area (Å²) in [5.41, 5.74) is 0. The van der Waals surface area contributed by atoms with Gasteiger partial charge in [-0.1, -0.05) is 149 Å². The number of quaternary nitrogens is 1. The molecule has 1 amide bonds. The van der Waals surface area contributed by atoms with E-state index in [2.05, 4.69) is 116 Å². The van der Waals surface area contributed by atoms with Crippen molar-refractivity contribution >= 4 is 13.7 Å². The summed E-state index contributed by atoms with van der Waals surface area (Å²) in [6.07, 6.45) is 54.5. The Morgan fingerprint density at radius 2 is 1.09 bits per heavy atom. The van der Waals surface area contributed by atoms with Crippen LogP contribution in [0, 0.1) is 0 Å². The zero-order chi connectivity index (χ0) is 41.4. The highest BCUT2D eigenvalue weighted by Gasteiger charge is 2.23. The molecule has 9 heteroatoms. The third-order valence-electron chi connectivity index (χ3n) is 8.49. The summed E-state index contributed by atoms with van der Waals surface area (Å²) in [6, 6.07) is -0.914. The number of aliphatic hydroxyl groups excluding tert-OH is 1. The van der Waals surface area contributed by atoms with Crippen LogP contribution >= 0.6 is 7.82 Å². The van der Waals surface area contributed by atoms with Gasteiger partial charge in [0.05, 0.1) is 39.9 Å². The Hall–Kier alpha value is -2.84. The van der Waals surface area contributed by atoms with Crippen LogP contribution in [-0.4, -0.2) is 68.5 Å². The van der Waals surface area contributed by atoms with Crippen molar-refractivity contribution in [2.75, 3.05) is 40.9 Å². The van der Waals surface area contributed by atoms with Crippen molar-refractivity contribution in [3.05, 3.63) is 109 Å². The first-order chi connectivity index (χ1) is 27.0. The maximum atomic E-state index is 12.8. The first kappa shape index (κ1) is 53.2. The number of carbonyl (C=O) groups excluding carboxylic acids is 1. The van der Waals surface area contributed by atoms with Crippen LogP contribution in [0.25, 0.3) is 0 Å². The van der Waals surface area contributed by atoms with Gasteiger partial charge in [-0.15, -0.1) is 0 Å². The van der Waals surface area contributed by atoms with E-state index >= 15 is 0 Å². The van der Waals surface area contributed by atoms with Crippen molar-refractivity contribution in [2.24, 2.45) is 0 Å². The molecule has 3 unspecified atom stereocenters. The molecule has 0 fully saturated rings. The summed E-state index contributed by atoms with van der Waals surface area (Å²) in [5, 5.41) is 13.6. The molecule has 0 rings (SSSR count). The minimum atomic E-state index is -4.60. The van der Waals surface area contributed by atoms with E-state index in [-0.39, 0.29) is 18.9 Å². The Balaban J connectivity index is 4.35. The van der Waals surface area contributed by atoms with Crippen molar-refractivity contribution < 1.29 is 32.9 Å². The summed E-state index contributed by atoms with van der Waals surface area (Å²) in [7, 11) is 1.20. The topological polar surface area (TPSA) is 108 Å². The smallest absolute Gasteiger partial charge is 0.268 e. The minimum Gasteiger partial charge on any atom is -0.756 e. The van der Waals surface area contributed by atoms with Crippen LogP contribution < -0.4 is 10.2 Å². The number of aliphatic hydroxyl groups is 1. The number of amides is 1. The van der Waals surface area contributed by atoms with Crippen LogP contribution in [0.5, 0.6) is 0 Å². The van der Waals surface area contributed by atoms with Crippen molar-refractivity contribution in [3.63, 3.8) is 0 Å². The molecule has 56 heavy (non-hydrogen) atoms. The largest absolute Gasteiger partial charge is 0.756 e. The van der Waals surface area contributed by atoms with Crippen LogP contribution in [0.15, 0.2) is 109 Å². The molecule has 318 valence electrons. The third-order valence-corrected chi connectivity index (χ3v) is 9.45. The monoisotopic (exact) mass is 799 g/mol. The Bertz CT molecular complexity index is 1270. The van der Waals surface area contributed by atoms with Gasteiger partial charge in [0, 0.05) is 6.42 Å². The summed E-state index contributed by atoms with van der Waals surface area (Å²) in [6.45, 7) is 4.39. The van der Waals surface area contributed by atoms with E-state index in [4.69, 9.17) is 9.05 Å². The highest BCUT2D eigenvalue weighted by atomic mass is 31.2. The lowest BCUT2D eigenvalue weighted by Crippen LogP contribution is -2.45. The van der Waals surface area contributed by atoms with Gasteiger partial charge in [0.1, 0.15) is 13.2 Å².